The minimum absolute atomic E-state index is 0.205. The number of carbonyl (C=O) groups is 1. The van der Waals surface area contributed by atoms with Crippen molar-refractivity contribution < 1.29 is 13.6 Å². The summed E-state index contributed by atoms with van der Waals surface area (Å²) in [5.41, 5.74) is 6.02. The Morgan fingerprint density at radius 1 is 0.875 bits per heavy atom. The van der Waals surface area contributed by atoms with Gasteiger partial charge in [0.15, 0.2) is 11.3 Å². The van der Waals surface area contributed by atoms with Gasteiger partial charge in [0.05, 0.1) is 0 Å². The Labute approximate surface area is 189 Å². The molecule has 0 bridgehead atoms. The molecular weight excluding hydrogens is 424 g/mol. The molecule has 158 valence electrons. The number of fused-ring (bicyclic) bond motifs is 1. The highest BCUT2D eigenvalue weighted by Crippen LogP contribution is 2.28. The van der Waals surface area contributed by atoms with Gasteiger partial charge in [0.2, 0.25) is 5.89 Å². The zero-order valence-electron chi connectivity index (χ0n) is 17.5. The highest BCUT2D eigenvalue weighted by molar-refractivity contribution is 6.30. The number of rotatable bonds is 4. The SMILES string of the molecule is Cc1ccc(-c2nc3cc(NC(=O)c4ccc(-c5cccc(Cl)c5)o4)ccc3o2)cc1C. The molecule has 0 radical (unpaired) electrons. The van der Waals surface area contributed by atoms with Gasteiger partial charge in [-0.25, -0.2) is 4.98 Å². The third-order valence-corrected chi connectivity index (χ3v) is 5.57. The molecule has 0 saturated heterocycles. The summed E-state index contributed by atoms with van der Waals surface area (Å²) in [5.74, 6) is 0.970. The summed E-state index contributed by atoms with van der Waals surface area (Å²) in [5, 5.41) is 3.45. The number of hydrogen-bond acceptors (Lipinski definition) is 4. The molecule has 5 rings (SSSR count). The van der Waals surface area contributed by atoms with Gasteiger partial charge in [-0.05, 0) is 79.6 Å². The van der Waals surface area contributed by atoms with Crippen molar-refractivity contribution in [2.45, 2.75) is 13.8 Å². The molecule has 1 amide bonds. The number of anilines is 1. The normalized spacial score (nSPS) is 11.1. The third-order valence-electron chi connectivity index (χ3n) is 5.34. The summed E-state index contributed by atoms with van der Waals surface area (Å²) in [6.45, 7) is 4.12. The van der Waals surface area contributed by atoms with Crippen LogP contribution in [0.3, 0.4) is 0 Å². The molecule has 0 spiro atoms. The lowest BCUT2D eigenvalue weighted by atomic mass is 10.1. The number of nitrogens with zero attached hydrogens (tertiary/aromatic N) is 1. The Bertz CT molecular complexity index is 1470. The second-order valence-electron chi connectivity index (χ2n) is 7.63. The van der Waals surface area contributed by atoms with E-state index >= 15 is 0 Å². The number of halogens is 1. The van der Waals surface area contributed by atoms with Gasteiger partial charge >= 0.3 is 0 Å². The van der Waals surface area contributed by atoms with E-state index in [2.05, 4.69) is 30.2 Å². The zero-order chi connectivity index (χ0) is 22.2. The van der Waals surface area contributed by atoms with E-state index in [0.29, 0.717) is 33.5 Å². The lowest BCUT2D eigenvalue weighted by molar-refractivity contribution is 0.0997. The molecular formula is C26H19ClN2O3. The summed E-state index contributed by atoms with van der Waals surface area (Å²) in [6.07, 6.45) is 0. The Morgan fingerprint density at radius 2 is 1.75 bits per heavy atom. The van der Waals surface area contributed by atoms with Crippen molar-refractivity contribution >= 4 is 34.3 Å². The molecule has 1 N–H and O–H groups in total. The van der Waals surface area contributed by atoms with Crippen molar-refractivity contribution in [1.29, 1.82) is 0 Å². The van der Waals surface area contributed by atoms with Crippen LogP contribution in [0.4, 0.5) is 5.69 Å². The fourth-order valence-corrected chi connectivity index (χ4v) is 3.64. The number of aryl methyl sites for hydroxylation is 2. The maximum Gasteiger partial charge on any atom is 0.291 e. The van der Waals surface area contributed by atoms with E-state index in [1.807, 2.05) is 24.3 Å². The molecule has 2 heterocycles. The number of aromatic nitrogens is 1. The largest absolute Gasteiger partial charge is 0.451 e. The Balaban J connectivity index is 1.37. The lowest BCUT2D eigenvalue weighted by Gasteiger charge is -2.03. The van der Waals surface area contributed by atoms with Crippen LogP contribution in [-0.4, -0.2) is 10.9 Å². The van der Waals surface area contributed by atoms with Gasteiger partial charge in [-0.3, -0.25) is 4.79 Å². The quantitative estimate of drug-likeness (QED) is 0.317. The summed E-state index contributed by atoms with van der Waals surface area (Å²) in [7, 11) is 0. The fraction of sp³-hybridized carbons (Fsp3) is 0.0769. The van der Waals surface area contributed by atoms with E-state index in [0.717, 1.165) is 11.1 Å². The van der Waals surface area contributed by atoms with Crippen LogP contribution >= 0.6 is 11.6 Å². The summed E-state index contributed by atoms with van der Waals surface area (Å²) >= 11 is 6.04. The van der Waals surface area contributed by atoms with E-state index in [1.54, 1.807) is 42.5 Å². The molecule has 0 aliphatic heterocycles. The monoisotopic (exact) mass is 442 g/mol. The van der Waals surface area contributed by atoms with E-state index in [4.69, 9.17) is 20.4 Å². The Kier molecular flexibility index (Phi) is 5.04. The highest BCUT2D eigenvalue weighted by Gasteiger charge is 2.15. The number of furan rings is 1. The lowest BCUT2D eigenvalue weighted by Crippen LogP contribution is -2.10. The first-order valence-corrected chi connectivity index (χ1v) is 10.5. The van der Waals surface area contributed by atoms with Gasteiger partial charge < -0.3 is 14.2 Å². The highest BCUT2D eigenvalue weighted by atomic mass is 35.5. The van der Waals surface area contributed by atoms with Gasteiger partial charge in [0.1, 0.15) is 11.3 Å². The van der Waals surface area contributed by atoms with Crippen LogP contribution in [-0.2, 0) is 0 Å². The average molecular weight is 443 g/mol. The number of amides is 1. The van der Waals surface area contributed by atoms with E-state index in [9.17, 15) is 4.79 Å². The first-order chi connectivity index (χ1) is 15.5. The van der Waals surface area contributed by atoms with Gasteiger partial charge in [-0.15, -0.1) is 0 Å². The van der Waals surface area contributed by atoms with Crippen LogP contribution in [0.15, 0.2) is 81.6 Å². The molecule has 6 heteroatoms. The first-order valence-electron chi connectivity index (χ1n) is 10.1. The van der Waals surface area contributed by atoms with Crippen molar-refractivity contribution in [3.05, 3.63) is 94.7 Å². The maximum atomic E-state index is 12.7. The van der Waals surface area contributed by atoms with Crippen LogP contribution in [0.5, 0.6) is 0 Å². The van der Waals surface area contributed by atoms with Crippen molar-refractivity contribution in [2.75, 3.05) is 5.32 Å². The predicted molar refractivity (Wildman–Crippen MR) is 126 cm³/mol. The second-order valence-corrected chi connectivity index (χ2v) is 8.07. The number of hydrogen-bond donors (Lipinski definition) is 1. The topological polar surface area (TPSA) is 68.3 Å². The van der Waals surface area contributed by atoms with Crippen molar-refractivity contribution in [2.24, 2.45) is 0 Å². The summed E-state index contributed by atoms with van der Waals surface area (Å²) in [4.78, 5) is 17.3. The van der Waals surface area contributed by atoms with Crippen LogP contribution in [0.2, 0.25) is 5.02 Å². The molecule has 0 aliphatic carbocycles. The molecule has 5 nitrogen and oxygen atoms in total. The van der Waals surface area contributed by atoms with Crippen molar-refractivity contribution in [1.82, 2.24) is 4.98 Å². The Hall–Kier alpha value is -3.83. The molecule has 0 aliphatic rings. The predicted octanol–water partition coefficient (Wildman–Crippen LogP) is 7.28. The maximum absolute atomic E-state index is 12.7. The van der Waals surface area contributed by atoms with Gasteiger partial charge in [-0.2, -0.15) is 0 Å². The number of nitrogens with one attached hydrogen (secondary N) is 1. The molecule has 32 heavy (non-hydrogen) atoms. The molecule has 3 aromatic carbocycles. The standard InChI is InChI=1S/C26H19ClN2O3/c1-15-6-7-18(12-16(15)2)26-29-21-14-20(8-9-23(21)32-26)28-25(30)24-11-10-22(31-24)17-4-3-5-19(27)13-17/h3-14H,1-2H3,(H,28,30). The van der Waals surface area contributed by atoms with Crippen LogP contribution in [0, 0.1) is 13.8 Å². The third kappa shape index (κ3) is 3.90. The molecule has 2 aromatic heterocycles. The van der Waals surface area contributed by atoms with Crippen molar-refractivity contribution in [3.63, 3.8) is 0 Å². The number of carbonyl (C=O) groups excluding carboxylic acids is 1. The van der Waals surface area contributed by atoms with Gasteiger partial charge in [0, 0.05) is 21.8 Å². The molecule has 0 atom stereocenters. The molecule has 0 saturated carbocycles. The average Bonchev–Trinajstić information content (AvgIpc) is 3.43. The molecule has 0 fully saturated rings. The van der Waals surface area contributed by atoms with E-state index in [-0.39, 0.29) is 11.7 Å². The minimum atomic E-state index is -0.351. The summed E-state index contributed by atoms with van der Waals surface area (Å²) < 4.78 is 11.6. The molecule has 5 aromatic rings. The van der Waals surface area contributed by atoms with Crippen LogP contribution < -0.4 is 5.32 Å². The fourth-order valence-electron chi connectivity index (χ4n) is 3.45. The van der Waals surface area contributed by atoms with E-state index in [1.165, 1.54) is 11.1 Å². The van der Waals surface area contributed by atoms with E-state index < -0.39 is 0 Å². The minimum Gasteiger partial charge on any atom is -0.451 e. The van der Waals surface area contributed by atoms with Crippen molar-refractivity contribution in [3.8, 4) is 22.8 Å². The number of benzene rings is 3. The number of oxazole rings is 1. The second kappa shape index (κ2) is 8.02. The summed E-state index contributed by atoms with van der Waals surface area (Å²) in [6, 6.07) is 22.1. The van der Waals surface area contributed by atoms with Crippen LogP contribution in [0.25, 0.3) is 33.9 Å². The van der Waals surface area contributed by atoms with Gasteiger partial charge in [0.25, 0.3) is 5.91 Å². The molecule has 0 unspecified atom stereocenters. The smallest absolute Gasteiger partial charge is 0.291 e. The first kappa shape index (κ1) is 20.1. The van der Waals surface area contributed by atoms with Gasteiger partial charge in [-0.1, -0.05) is 29.8 Å². The Morgan fingerprint density at radius 3 is 2.56 bits per heavy atom. The zero-order valence-corrected chi connectivity index (χ0v) is 18.2. The van der Waals surface area contributed by atoms with Crippen LogP contribution in [0.1, 0.15) is 21.7 Å².